The number of hydrogen-bond donors (Lipinski definition) is 1. The first-order valence-electron chi connectivity index (χ1n) is 10.5. The van der Waals surface area contributed by atoms with E-state index in [0.29, 0.717) is 5.92 Å². The van der Waals surface area contributed by atoms with Gasteiger partial charge in [-0.25, -0.2) is 0 Å². The van der Waals surface area contributed by atoms with Crippen LogP contribution in [0.15, 0.2) is 35.3 Å². The minimum Gasteiger partial charge on any atom is -0.354 e. The Balaban J connectivity index is 1.75. The molecule has 4 heteroatoms. The molecule has 0 amide bonds. The second-order valence-corrected chi connectivity index (χ2v) is 8.57. The molecule has 0 atom stereocenters. The number of fused-ring (bicyclic) bond motifs is 1. The lowest BCUT2D eigenvalue weighted by Gasteiger charge is -2.14. The Labute approximate surface area is 167 Å². The number of nitrogens with zero attached hydrogens (tertiary/aromatic N) is 2. The van der Waals surface area contributed by atoms with Crippen LogP contribution in [0.25, 0.3) is 22.2 Å². The van der Waals surface area contributed by atoms with Crippen molar-refractivity contribution < 1.29 is 0 Å². The number of aromatic nitrogens is 2. The fourth-order valence-electron chi connectivity index (χ4n) is 4.55. The topological polar surface area (TPSA) is 41.0 Å². The molecule has 2 aromatic heterocycles. The van der Waals surface area contributed by atoms with Gasteiger partial charge in [0.05, 0.1) is 5.69 Å². The van der Waals surface area contributed by atoms with Gasteiger partial charge in [0.25, 0.3) is 5.56 Å². The largest absolute Gasteiger partial charge is 0.354 e. The summed E-state index contributed by atoms with van der Waals surface area (Å²) in [5, 5.41) is 1.32. The Hall–Kier alpha value is -2.33. The van der Waals surface area contributed by atoms with Crippen LogP contribution in [0, 0.1) is 6.92 Å². The van der Waals surface area contributed by atoms with Crippen molar-refractivity contribution in [3.8, 4) is 11.3 Å². The maximum absolute atomic E-state index is 12.1. The maximum Gasteiger partial charge on any atom is 0.253 e. The summed E-state index contributed by atoms with van der Waals surface area (Å²) in [6, 6.07) is 8.86. The van der Waals surface area contributed by atoms with E-state index in [1.54, 1.807) is 4.57 Å². The normalized spacial score (nSPS) is 15.2. The summed E-state index contributed by atoms with van der Waals surface area (Å²) in [6.45, 7) is 10.0. The first kappa shape index (κ1) is 19.0. The lowest BCUT2D eigenvalue weighted by molar-refractivity contribution is 0.343. The SMILES string of the molecule is Cc1cc(-c2[nH]c3ccc(CCN4CCCC4)cc3c2C(C)C)cn(C)c1=O. The van der Waals surface area contributed by atoms with Crippen LogP contribution in [0.4, 0.5) is 0 Å². The van der Waals surface area contributed by atoms with E-state index >= 15 is 0 Å². The van der Waals surface area contributed by atoms with E-state index in [2.05, 4.69) is 41.9 Å². The molecule has 0 spiro atoms. The number of hydrogen-bond acceptors (Lipinski definition) is 2. The highest BCUT2D eigenvalue weighted by atomic mass is 16.1. The van der Waals surface area contributed by atoms with Crippen LogP contribution in [0.3, 0.4) is 0 Å². The van der Waals surface area contributed by atoms with Gasteiger partial charge in [0.1, 0.15) is 0 Å². The van der Waals surface area contributed by atoms with E-state index in [1.165, 1.54) is 48.0 Å². The highest BCUT2D eigenvalue weighted by Gasteiger charge is 2.18. The monoisotopic (exact) mass is 377 g/mol. The molecule has 1 aliphatic heterocycles. The standard InChI is InChI=1S/C24H31N3O/c1-16(2)22-20-14-18(9-12-27-10-5-6-11-27)7-8-21(20)25-23(22)19-13-17(3)24(28)26(4)15-19/h7-8,13-16,25H,5-6,9-12H2,1-4H3. The summed E-state index contributed by atoms with van der Waals surface area (Å²) in [7, 11) is 1.83. The van der Waals surface area contributed by atoms with Crippen LogP contribution in [0.5, 0.6) is 0 Å². The predicted molar refractivity (Wildman–Crippen MR) is 117 cm³/mol. The van der Waals surface area contributed by atoms with Gasteiger partial charge in [-0.3, -0.25) is 4.79 Å². The molecule has 0 aliphatic carbocycles. The van der Waals surface area contributed by atoms with E-state index < -0.39 is 0 Å². The van der Waals surface area contributed by atoms with Gasteiger partial charge in [0, 0.05) is 41.8 Å². The number of aryl methyl sites for hydroxylation is 2. The molecule has 3 heterocycles. The first-order chi connectivity index (χ1) is 13.4. The molecule has 3 aromatic rings. The Morgan fingerprint density at radius 3 is 2.57 bits per heavy atom. The van der Waals surface area contributed by atoms with Gasteiger partial charge in [0.15, 0.2) is 0 Å². The Morgan fingerprint density at radius 1 is 1.14 bits per heavy atom. The van der Waals surface area contributed by atoms with Gasteiger partial charge in [-0.05, 0) is 74.5 Å². The Kier molecular flexibility index (Phi) is 5.15. The summed E-state index contributed by atoms with van der Waals surface area (Å²) < 4.78 is 1.68. The van der Waals surface area contributed by atoms with Gasteiger partial charge in [-0.15, -0.1) is 0 Å². The second-order valence-electron chi connectivity index (χ2n) is 8.57. The number of aromatic amines is 1. The van der Waals surface area contributed by atoms with Gasteiger partial charge in [-0.2, -0.15) is 0 Å². The van der Waals surface area contributed by atoms with E-state index in [9.17, 15) is 4.79 Å². The van der Waals surface area contributed by atoms with Crippen molar-refractivity contribution in [3.63, 3.8) is 0 Å². The third-order valence-electron chi connectivity index (χ3n) is 6.05. The minimum absolute atomic E-state index is 0.0650. The predicted octanol–water partition coefficient (Wildman–Crippen LogP) is 4.60. The number of nitrogens with one attached hydrogen (secondary N) is 1. The zero-order chi connectivity index (χ0) is 19.8. The molecule has 0 saturated carbocycles. The summed E-state index contributed by atoms with van der Waals surface area (Å²) >= 11 is 0. The number of H-pyrrole nitrogens is 1. The summed E-state index contributed by atoms with van der Waals surface area (Å²) in [4.78, 5) is 18.3. The third kappa shape index (κ3) is 3.53. The second kappa shape index (κ2) is 7.59. The quantitative estimate of drug-likeness (QED) is 0.706. The van der Waals surface area contributed by atoms with Crippen LogP contribution < -0.4 is 5.56 Å². The highest BCUT2D eigenvalue weighted by molar-refractivity contribution is 5.91. The maximum atomic E-state index is 12.1. The van der Waals surface area contributed by atoms with Crippen molar-refractivity contribution in [1.29, 1.82) is 0 Å². The first-order valence-corrected chi connectivity index (χ1v) is 10.5. The van der Waals surface area contributed by atoms with Crippen LogP contribution in [0.1, 0.15) is 49.3 Å². The van der Waals surface area contributed by atoms with Crippen molar-refractivity contribution in [3.05, 3.63) is 57.5 Å². The molecular formula is C24H31N3O. The third-order valence-corrected chi connectivity index (χ3v) is 6.05. The zero-order valence-electron chi connectivity index (χ0n) is 17.5. The molecule has 1 N–H and O–H groups in total. The Bertz CT molecular complexity index is 1030. The molecule has 1 aromatic carbocycles. The molecule has 148 valence electrons. The lowest BCUT2D eigenvalue weighted by Crippen LogP contribution is -2.21. The molecule has 1 fully saturated rings. The van der Waals surface area contributed by atoms with Crippen LogP contribution in [-0.4, -0.2) is 34.1 Å². The van der Waals surface area contributed by atoms with Gasteiger partial charge in [-0.1, -0.05) is 19.9 Å². The summed E-state index contributed by atoms with van der Waals surface area (Å²) in [5.41, 5.74) is 6.99. The van der Waals surface area contributed by atoms with Crippen molar-refractivity contribution in [1.82, 2.24) is 14.5 Å². The molecule has 0 unspecified atom stereocenters. The van der Waals surface area contributed by atoms with Crippen LogP contribution in [-0.2, 0) is 13.5 Å². The van der Waals surface area contributed by atoms with Gasteiger partial charge in [0.2, 0.25) is 0 Å². The van der Waals surface area contributed by atoms with Crippen molar-refractivity contribution in [2.75, 3.05) is 19.6 Å². The van der Waals surface area contributed by atoms with Crippen molar-refractivity contribution in [2.45, 2.75) is 46.0 Å². The van der Waals surface area contributed by atoms with Crippen molar-refractivity contribution >= 4 is 10.9 Å². The lowest BCUT2D eigenvalue weighted by atomic mass is 9.95. The highest BCUT2D eigenvalue weighted by Crippen LogP contribution is 2.36. The van der Waals surface area contributed by atoms with Crippen LogP contribution >= 0.6 is 0 Å². The zero-order valence-corrected chi connectivity index (χ0v) is 17.5. The van der Waals surface area contributed by atoms with Gasteiger partial charge >= 0.3 is 0 Å². The number of likely N-dealkylation sites (tertiary alicyclic amines) is 1. The van der Waals surface area contributed by atoms with E-state index in [0.717, 1.165) is 29.8 Å². The number of benzene rings is 1. The summed E-state index contributed by atoms with van der Waals surface area (Å²) in [6.07, 6.45) is 5.74. The molecule has 4 rings (SSSR count). The van der Waals surface area contributed by atoms with Crippen LogP contribution in [0.2, 0.25) is 0 Å². The van der Waals surface area contributed by atoms with Crippen molar-refractivity contribution in [2.24, 2.45) is 7.05 Å². The number of pyridine rings is 1. The number of rotatable bonds is 5. The van der Waals surface area contributed by atoms with Gasteiger partial charge < -0.3 is 14.5 Å². The smallest absolute Gasteiger partial charge is 0.253 e. The molecule has 1 aliphatic rings. The molecule has 0 radical (unpaired) electrons. The molecule has 1 saturated heterocycles. The van der Waals surface area contributed by atoms with E-state index in [-0.39, 0.29) is 5.56 Å². The minimum atomic E-state index is 0.0650. The molecule has 4 nitrogen and oxygen atoms in total. The summed E-state index contributed by atoms with van der Waals surface area (Å²) in [5.74, 6) is 0.398. The molecule has 0 bridgehead atoms. The van der Waals surface area contributed by atoms with E-state index in [1.807, 2.05) is 26.2 Å². The van der Waals surface area contributed by atoms with E-state index in [4.69, 9.17) is 0 Å². The fourth-order valence-corrected chi connectivity index (χ4v) is 4.55. The molecular weight excluding hydrogens is 346 g/mol. The molecule has 28 heavy (non-hydrogen) atoms. The average Bonchev–Trinajstić information content (AvgIpc) is 3.31. The average molecular weight is 378 g/mol. The Morgan fingerprint density at radius 2 is 1.89 bits per heavy atom. The fraction of sp³-hybridized carbons (Fsp3) is 0.458.